The van der Waals surface area contributed by atoms with Crippen molar-refractivity contribution in [1.82, 2.24) is 9.97 Å². The zero-order valence-corrected chi connectivity index (χ0v) is 12.5. The van der Waals surface area contributed by atoms with Crippen LogP contribution in [-0.4, -0.2) is 27.7 Å². The van der Waals surface area contributed by atoms with Gasteiger partial charge in [-0.15, -0.1) is 0 Å². The predicted octanol–water partition coefficient (Wildman–Crippen LogP) is 3.13. The van der Waals surface area contributed by atoms with Gasteiger partial charge in [-0.05, 0) is 32.1 Å². The van der Waals surface area contributed by atoms with Crippen LogP contribution in [0.15, 0.2) is 0 Å². The van der Waals surface area contributed by atoms with Crippen molar-refractivity contribution >= 4 is 17.4 Å². The third-order valence-corrected chi connectivity index (χ3v) is 3.98. The maximum atomic E-state index is 9.14. The van der Waals surface area contributed by atoms with Crippen LogP contribution < -0.4 is 5.32 Å². The molecule has 0 radical (unpaired) electrons. The molecule has 1 atom stereocenters. The van der Waals surface area contributed by atoms with Crippen LogP contribution in [0.3, 0.4) is 0 Å². The molecule has 2 rings (SSSR count). The second-order valence-electron chi connectivity index (χ2n) is 5.63. The van der Waals surface area contributed by atoms with E-state index in [-0.39, 0.29) is 12.6 Å². The van der Waals surface area contributed by atoms with E-state index in [0.29, 0.717) is 23.4 Å². The topological polar surface area (TPSA) is 58.0 Å². The van der Waals surface area contributed by atoms with Gasteiger partial charge in [-0.2, -0.15) is 0 Å². The maximum Gasteiger partial charge on any atom is 0.137 e. The Morgan fingerprint density at radius 1 is 1.37 bits per heavy atom. The number of aliphatic hydroxyl groups is 1. The fourth-order valence-corrected chi connectivity index (χ4v) is 2.23. The second-order valence-corrected chi connectivity index (χ2v) is 5.99. The Hall–Kier alpha value is -0.870. The molecule has 1 unspecified atom stereocenters. The van der Waals surface area contributed by atoms with Gasteiger partial charge >= 0.3 is 0 Å². The van der Waals surface area contributed by atoms with Crippen LogP contribution in [0.25, 0.3) is 0 Å². The summed E-state index contributed by atoms with van der Waals surface area (Å²) in [7, 11) is 0. The predicted molar refractivity (Wildman–Crippen MR) is 77.7 cm³/mol. The van der Waals surface area contributed by atoms with Crippen molar-refractivity contribution in [3.63, 3.8) is 0 Å². The zero-order chi connectivity index (χ0) is 14.0. The van der Waals surface area contributed by atoms with Crippen molar-refractivity contribution in [3.8, 4) is 0 Å². The molecule has 2 N–H and O–H groups in total. The van der Waals surface area contributed by atoms with Gasteiger partial charge in [0.05, 0.1) is 0 Å². The summed E-state index contributed by atoms with van der Waals surface area (Å²) in [5, 5.41) is 13.1. The van der Waals surface area contributed by atoms with Crippen molar-refractivity contribution in [2.45, 2.75) is 52.0 Å². The molecule has 4 nitrogen and oxygen atoms in total. The molecule has 0 saturated heterocycles. The number of aromatic nitrogens is 2. The lowest BCUT2D eigenvalue weighted by Gasteiger charge is -2.23. The van der Waals surface area contributed by atoms with Gasteiger partial charge in [-0.1, -0.05) is 25.4 Å². The number of hydrogen-bond acceptors (Lipinski definition) is 4. The van der Waals surface area contributed by atoms with Crippen molar-refractivity contribution in [2.24, 2.45) is 5.92 Å². The third kappa shape index (κ3) is 3.57. The SMILES string of the molecule is Cc1c(Cl)nc(C2CC2)nc1NC(CCO)C(C)C. The molecule has 1 aliphatic rings. The number of halogens is 1. The first-order valence-corrected chi connectivity index (χ1v) is 7.32. The van der Waals surface area contributed by atoms with Gasteiger partial charge in [0.1, 0.15) is 16.8 Å². The molecule has 0 aromatic carbocycles. The molecular weight excluding hydrogens is 262 g/mol. The first kappa shape index (κ1) is 14.5. The average molecular weight is 284 g/mol. The van der Waals surface area contributed by atoms with Crippen LogP contribution in [0.4, 0.5) is 5.82 Å². The quantitative estimate of drug-likeness (QED) is 0.788. The molecule has 0 spiro atoms. The molecule has 1 heterocycles. The van der Waals surface area contributed by atoms with E-state index in [1.165, 1.54) is 0 Å². The number of hydrogen-bond donors (Lipinski definition) is 2. The molecule has 1 aromatic rings. The highest BCUT2D eigenvalue weighted by atomic mass is 35.5. The van der Waals surface area contributed by atoms with E-state index >= 15 is 0 Å². The van der Waals surface area contributed by atoms with E-state index < -0.39 is 0 Å². The monoisotopic (exact) mass is 283 g/mol. The van der Waals surface area contributed by atoms with Crippen molar-refractivity contribution < 1.29 is 5.11 Å². The Morgan fingerprint density at radius 3 is 2.58 bits per heavy atom. The lowest BCUT2D eigenvalue weighted by Crippen LogP contribution is -2.28. The van der Waals surface area contributed by atoms with Crippen LogP contribution in [-0.2, 0) is 0 Å². The minimum Gasteiger partial charge on any atom is -0.396 e. The molecule has 0 aliphatic heterocycles. The fraction of sp³-hybridized carbons (Fsp3) is 0.714. The van der Waals surface area contributed by atoms with Crippen molar-refractivity contribution in [1.29, 1.82) is 0 Å². The van der Waals surface area contributed by atoms with Gasteiger partial charge in [0, 0.05) is 24.1 Å². The van der Waals surface area contributed by atoms with E-state index in [0.717, 1.165) is 30.0 Å². The average Bonchev–Trinajstić information content (AvgIpc) is 3.17. The van der Waals surface area contributed by atoms with E-state index in [4.69, 9.17) is 16.7 Å². The maximum absolute atomic E-state index is 9.14. The van der Waals surface area contributed by atoms with Crippen molar-refractivity contribution in [2.75, 3.05) is 11.9 Å². The molecular formula is C14H22ClN3O. The first-order valence-electron chi connectivity index (χ1n) is 6.94. The summed E-state index contributed by atoms with van der Waals surface area (Å²) in [4.78, 5) is 8.97. The van der Waals surface area contributed by atoms with Gasteiger partial charge < -0.3 is 10.4 Å². The highest BCUT2D eigenvalue weighted by molar-refractivity contribution is 6.30. The molecule has 0 amide bonds. The van der Waals surface area contributed by atoms with Crippen LogP contribution in [0, 0.1) is 12.8 Å². The van der Waals surface area contributed by atoms with E-state index in [9.17, 15) is 0 Å². The van der Waals surface area contributed by atoms with Gasteiger partial charge in [0.2, 0.25) is 0 Å². The molecule has 1 fully saturated rings. The largest absolute Gasteiger partial charge is 0.396 e. The van der Waals surface area contributed by atoms with Crippen LogP contribution in [0.1, 0.15) is 50.4 Å². The summed E-state index contributed by atoms with van der Waals surface area (Å²) < 4.78 is 0. The molecule has 19 heavy (non-hydrogen) atoms. The lowest BCUT2D eigenvalue weighted by atomic mass is 10.0. The van der Waals surface area contributed by atoms with Gasteiger partial charge in [0.15, 0.2) is 0 Å². The second kappa shape index (κ2) is 6.06. The molecule has 0 bridgehead atoms. The van der Waals surface area contributed by atoms with E-state index in [1.807, 2.05) is 6.92 Å². The summed E-state index contributed by atoms with van der Waals surface area (Å²) in [6.45, 7) is 6.36. The number of nitrogens with zero attached hydrogens (tertiary/aromatic N) is 2. The molecule has 1 aromatic heterocycles. The van der Waals surface area contributed by atoms with Crippen LogP contribution >= 0.6 is 11.6 Å². The summed E-state index contributed by atoms with van der Waals surface area (Å²) in [5.41, 5.74) is 0.884. The molecule has 106 valence electrons. The zero-order valence-electron chi connectivity index (χ0n) is 11.8. The minimum absolute atomic E-state index is 0.170. The number of rotatable bonds is 6. The van der Waals surface area contributed by atoms with Gasteiger partial charge in [-0.25, -0.2) is 9.97 Å². The van der Waals surface area contributed by atoms with Gasteiger partial charge in [0.25, 0.3) is 0 Å². The lowest BCUT2D eigenvalue weighted by molar-refractivity contribution is 0.267. The standard InChI is InChI=1S/C14H22ClN3O/c1-8(2)11(6-7-19)16-13-9(3)12(15)17-14(18-13)10-4-5-10/h8,10-11,19H,4-7H2,1-3H3,(H,16,17,18). The van der Waals surface area contributed by atoms with Crippen LogP contribution in [0.5, 0.6) is 0 Å². The van der Waals surface area contributed by atoms with Crippen molar-refractivity contribution in [3.05, 3.63) is 16.5 Å². The van der Waals surface area contributed by atoms with Gasteiger partial charge in [-0.3, -0.25) is 0 Å². The molecule has 1 saturated carbocycles. The van der Waals surface area contributed by atoms with Crippen LogP contribution in [0.2, 0.25) is 5.15 Å². The highest BCUT2D eigenvalue weighted by Crippen LogP contribution is 2.39. The summed E-state index contributed by atoms with van der Waals surface area (Å²) >= 11 is 6.19. The fourth-order valence-electron chi connectivity index (χ4n) is 2.06. The Kier molecular flexibility index (Phi) is 4.63. The Morgan fingerprint density at radius 2 is 2.05 bits per heavy atom. The smallest absolute Gasteiger partial charge is 0.137 e. The Balaban J connectivity index is 2.22. The normalized spacial score (nSPS) is 16.7. The molecule has 1 aliphatic carbocycles. The molecule has 5 heteroatoms. The Bertz CT molecular complexity index is 447. The number of nitrogens with one attached hydrogen (secondary N) is 1. The minimum atomic E-state index is 0.170. The third-order valence-electron chi connectivity index (χ3n) is 3.61. The number of anilines is 1. The van der Waals surface area contributed by atoms with E-state index in [1.54, 1.807) is 0 Å². The number of aliphatic hydroxyl groups excluding tert-OH is 1. The summed E-state index contributed by atoms with van der Waals surface area (Å²) in [6, 6.07) is 0.196. The summed E-state index contributed by atoms with van der Waals surface area (Å²) in [6.07, 6.45) is 3.02. The summed E-state index contributed by atoms with van der Waals surface area (Å²) in [5.74, 6) is 2.57. The van der Waals surface area contributed by atoms with E-state index in [2.05, 4.69) is 29.1 Å². The highest BCUT2D eigenvalue weighted by Gasteiger charge is 2.28. The Labute approximate surface area is 119 Å². The first-order chi connectivity index (χ1) is 9.02.